The molecular weight excluding hydrogens is 509 g/mol. The first-order chi connectivity index (χ1) is 14.3. The molecule has 2 heterocycles. The molecule has 9 heteroatoms. The number of hydrogen-bond donors (Lipinski definition) is 2. The summed E-state index contributed by atoms with van der Waals surface area (Å²) in [6.07, 6.45) is 3.94. The summed E-state index contributed by atoms with van der Waals surface area (Å²) in [5, 5.41) is 10.9. The van der Waals surface area contributed by atoms with Crippen molar-refractivity contribution in [1.29, 1.82) is 0 Å². The number of amides is 1. The first-order valence-electron chi connectivity index (χ1n) is 11.1. The number of carbonyl (C=O) groups excluding carboxylic acids is 1. The van der Waals surface area contributed by atoms with Gasteiger partial charge in [-0.05, 0) is 52.4 Å². The highest BCUT2D eigenvalue weighted by atomic mass is 127. The Balaban J connectivity index is 0.00000480. The second kappa shape index (κ2) is 13.1. The monoisotopic (exact) mass is 549 g/mol. The van der Waals surface area contributed by atoms with Gasteiger partial charge in [0.05, 0.1) is 12.2 Å². The lowest BCUT2D eigenvalue weighted by Crippen LogP contribution is -2.47. The fourth-order valence-corrected chi connectivity index (χ4v) is 3.67. The number of piperidine rings is 1. The Morgan fingerprint density at radius 2 is 2.06 bits per heavy atom. The molecule has 0 bridgehead atoms. The molecule has 1 aliphatic rings. The summed E-state index contributed by atoms with van der Waals surface area (Å²) < 4.78 is 11.0. The molecule has 8 nitrogen and oxygen atoms in total. The van der Waals surface area contributed by atoms with Crippen LogP contribution in [-0.2, 0) is 11.3 Å². The third kappa shape index (κ3) is 9.24. The van der Waals surface area contributed by atoms with Crippen molar-refractivity contribution in [2.24, 2.45) is 10.9 Å². The maximum Gasteiger partial charge on any atom is 0.410 e. The molecule has 178 valence electrons. The van der Waals surface area contributed by atoms with Crippen molar-refractivity contribution >= 4 is 36.0 Å². The van der Waals surface area contributed by atoms with Crippen molar-refractivity contribution in [2.75, 3.05) is 26.7 Å². The normalized spacial score (nSPS) is 17.3. The summed E-state index contributed by atoms with van der Waals surface area (Å²) in [6.45, 7) is 12.7. The number of halogens is 1. The lowest BCUT2D eigenvalue weighted by atomic mass is 9.98. The SMILES string of the molecule is CCC(CC)c1cc(CNC(=NC)NCC2CCCN(C(=O)OC(C)(C)C)C2)on1.I. The van der Waals surface area contributed by atoms with E-state index in [0.717, 1.165) is 50.2 Å². The lowest BCUT2D eigenvalue weighted by Gasteiger charge is -2.34. The van der Waals surface area contributed by atoms with Crippen molar-refractivity contribution in [3.63, 3.8) is 0 Å². The van der Waals surface area contributed by atoms with Gasteiger partial charge in [0, 0.05) is 38.7 Å². The number of nitrogens with zero attached hydrogens (tertiary/aromatic N) is 3. The van der Waals surface area contributed by atoms with Crippen LogP contribution in [0.4, 0.5) is 4.79 Å². The van der Waals surface area contributed by atoms with Crippen LogP contribution in [0.2, 0.25) is 0 Å². The molecular formula is C22H40IN5O3. The number of aliphatic imine (C=N–C) groups is 1. The Morgan fingerprint density at radius 1 is 1.35 bits per heavy atom. The first kappa shape index (κ1) is 27.5. The third-order valence-electron chi connectivity index (χ3n) is 5.36. The van der Waals surface area contributed by atoms with E-state index in [1.54, 1.807) is 7.05 Å². The number of ether oxygens (including phenoxy) is 1. The molecule has 1 aromatic rings. The summed E-state index contributed by atoms with van der Waals surface area (Å²) in [4.78, 5) is 18.4. The van der Waals surface area contributed by atoms with Crippen LogP contribution >= 0.6 is 24.0 Å². The molecule has 1 amide bonds. The highest BCUT2D eigenvalue weighted by molar-refractivity contribution is 14.0. The first-order valence-corrected chi connectivity index (χ1v) is 11.1. The highest BCUT2D eigenvalue weighted by Gasteiger charge is 2.27. The average Bonchev–Trinajstić information content (AvgIpc) is 3.17. The molecule has 0 radical (unpaired) electrons. The van der Waals surface area contributed by atoms with E-state index in [2.05, 4.69) is 34.6 Å². The zero-order valence-electron chi connectivity index (χ0n) is 19.9. The van der Waals surface area contributed by atoms with Crippen molar-refractivity contribution in [1.82, 2.24) is 20.7 Å². The summed E-state index contributed by atoms with van der Waals surface area (Å²) in [6, 6.07) is 2.03. The summed E-state index contributed by atoms with van der Waals surface area (Å²) >= 11 is 0. The molecule has 1 unspecified atom stereocenters. The van der Waals surface area contributed by atoms with Crippen LogP contribution in [0.3, 0.4) is 0 Å². The highest BCUT2D eigenvalue weighted by Crippen LogP contribution is 2.22. The van der Waals surface area contributed by atoms with Crippen molar-refractivity contribution in [3.05, 3.63) is 17.5 Å². The van der Waals surface area contributed by atoms with Gasteiger partial charge in [-0.15, -0.1) is 24.0 Å². The van der Waals surface area contributed by atoms with Crippen LogP contribution in [0.25, 0.3) is 0 Å². The number of aromatic nitrogens is 1. The van der Waals surface area contributed by atoms with E-state index < -0.39 is 5.60 Å². The largest absolute Gasteiger partial charge is 0.444 e. The van der Waals surface area contributed by atoms with Gasteiger partial charge in [-0.2, -0.15) is 0 Å². The standard InChI is InChI=1S/C22H39N5O3.HI/c1-7-17(8-2)19-12-18(30-26-19)14-25-20(23-6)24-13-16-10-9-11-27(15-16)21(28)29-22(3,4)5;/h12,16-17H,7-11,13-15H2,1-6H3,(H2,23,24,25);1H. The van der Waals surface area contributed by atoms with E-state index >= 15 is 0 Å². The molecule has 1 fully saturated rings. The zero-order valence-corrected chi connectivity index (χ0v) is 22.2. The second-order valence-electron chi connectivity index (χ2n) is 8.97. The fourth-order valence-electron chi connectivity index (χ4n) is 3.67. The number of carbonyl (C=O) groups is 1. The Labute approximate surface area is 203 Å². The van der Waals surface area contributed by atoms with Gasteiger partial charge in [-0.3, -0.25) is 4.99 Å². The maximum absolute atomic E-state index is 12.3. The van der Waals surface area contributed by atoms with Crippen molar-refractivity contribution in [3.8, 4) is 0 Å². The van der Waals surface area contributed by atoms with Crippen LogP contribution in [0.5, 0.6) is 0 Å². The van der Waals surface area contributed by atoms with E-state index in [1.807, 2.05) is 31.7 Å². The number of rotatable bonds is 7. The van der Waals surface area contributed by atoms with Crippen LogP contribution in [0.1, 0.15) is 77.7 Å². The van der Waals surface area contributed by atoms with Crippen molar-refractivity contribution < 1.29 is 14.1 Å². The number of guanidine groups is 1. The Bertz CT molecular complexity index is 698. The van der Waals surface area contributed by atoms with Gasteiger partial charge in [0.1, 0.15) is 5.60 Å². The van der Waals surface area contributed by atoms with Gasteiger partial charge < -0.3 is 24.8 Å². The summed E-state index contributed by atoms with van der Waals surface area (Å²) in [5.41, 5.74) is 0.549. The number of hydrogen-bond acceptors (Lipinski definition) is 5. The summed E-state index contributed by atoms with van der Waals surface area (Å²) in [5.74, 6) is 2.31. The maximum atomic E-state index is 12.3. The van der Waals surface area contributed by atoms with E-state index in [-0.39, 0.29) is 30.1 Å². The van der Waals surface area contributed by atoms with Gasteiger partial charge in [0.2, 0.25) is 0 Å². The molecule has 1 atom stereocenters. The van der Waals surface area contributed by atoms with Gasteiger partial charge in [-0.25, -0.2) is 4.79 Å². The summed E-state index contributed by atoms with van der Waals surface area (Å²) in [7, 11) is 1.75. The predicted molar refractivity (Wildman–Crippen MR) is 134 cm³/mol. The van der Waals surface area contributed by atoms with E-state index in [9.17, 15) is 4.79 Å². The van der Waals surface area contributed by atoms with Crippen LogP contribution < -0.4 is 10.6 Å². The van der Waals surface area contributed by atoms with Gasteiger partial charge in [0.25, 0.3) is 0 Å². The van der Waals surface area contributed by atoms with Gasteiger partial charge in [-0.1, -0.05) is 19.0 Å². The fraction of sp³-hybridized carbons (Fsp3) is 0.773. The topological polar surface area (TPSA) is 92.0 Å². The Hall–Kier alpha value is -1.52. The van der Waals surface area contributed by atoms with Crippen molar-refractivity contribution in [2.45, 2.75) is 78.4 Å². The molecule has 0 saturated carbocycles. The number of nitrogens with one attached hydrogen (secondary N) is 2. The minimum atomic E-state index is -0.469. The third-order valence-corrected chi connectivity index (χ3v) is 5.36. The Kier molecular flexibility index (Phi) is 11.6. The quantitative estimate of drug-likeness (QED) is 0.296. The average molecular weight is 549 g/mol. The van der Waals surface area contributed by atoms with Crippen LogP contribution in [0.15, 0.2) is 15.6 Å². The molecule has 0 spiro atoms. The molecule has 1 saturated heterocycles. The lowest BCUT2D eigenvalue weighted by molar-refractivity contribution is 0.0168. The minimum absolute atomic E-state index is 0. The molecule has 1 aliphatic heterocycles. The molecule has 2 rings (SSSR count). The molecule has 0 aromatic carbocycles. The zero-order chi connectivity index (χ0) is 22.1. The van der Waals surface area contributed by atoms with E-state index in [1.165, 1.54) is 0 Å². The molecule has 0 aliphatic carbocycles. The van der Waals surface area contributed by atoms with Gasteiger partial charge >= 0.3 is 6.09 Å². The van der Waals surface area contributed by atoms with E-state index in [4.69, 9.17) is 9.26 Å². The predicted octanol–water partition coefficient (Wildman–Crippen LogP) is 4.51. The van der Waals surface area contributed by atoms with Gasteiger partial charge in [0.15, 0.2) is 11.7 Å². The molecule has 31 heavy (non-hydrogen) atoms. The minimum Gasteiger partial charge on any atom is -0.444 e. The second-order valence-corrected chi connectivity index (χ2v) is 8.97. The van der Waals surface area contributed by atoms with Crippen LogP contribution in [0, 0.1) is 5.92 Å². The van der Waals surface area contributed by atoms with Crippen LogP contribution in [-0.4, -0.2) is 54.4 Å². The smallest absolute Gasteiger partial charge is 0.410 e. The molecule has 2 N–H and O–H groups in total. The molecule has 1 aromatic heterocycles. The van der Waals surface area contributed by atoms with E-state index in [0.29, 0.717) is 30.9 Å². The number of likely N-dealkylation sites (tertiary alicyclic amines) is 1. The Morgan fingerprint density at radius 3 is 2.68 bits per heavy atom.